The number of benzene rings is 2. The summed E-state index contributed by atoms with van der Waals surface area (Å²) < 4.78 is 21.6. The first-order valence-electron chi connectivity index (χ1n) is 12.7. The van der Waals surface area contributed by atoms with Crippen molar-refractivity contribution in [3.8, 4) is 5.75 Å². The maximum Gasteiger partial charge on any atom is 0.315 e. The van der Waals surface area contributed by atoms with E-state index in [0.29, 0.717) is 63.2 Å². The number of rotatable bonds is 16. The van der Waals surface area contributed by atoms with Crippen molar-refractivity contribution in [1.29, 1.82) is 0 Å². The molecule has 0 bridgehead atoms. The zero-order chi connectivity index (χ0) is 27.3. The van der Waals surface area contributed by atoms with Gasteiger partial charge in [0.15, 0.2) is 0 Å². The van der Waals surface area contributed by atoms with E-state index in [1.807, 2.05) is 37.3 Å². The van der Waals surface area contributed by atoms with E-state index in [1.165, 1.54) is 5.01 Å². The Balaban J connectivity index is 1.44. The molecule has 0 heterocycles. The van der Waals surface area contributed by atoms with Gasteiger partial charge in [0.25, 0.3) is 0 Å². The first-order chi connectivity index (χ1) is 18.4. The van der Waals surface area contributed by atoms with Gasteiger partial charge in [0.05, 0.1) is 57.1 Å². The van der Waals surface area contributed by atoms with Crippen LogP contribution in [-0.4, -0.2) is 68.2 Å². The van der Waals surface area contributed by atoms with Gasteiger partial charge in [0.1, 0.15) is 5.75 Å². The third kappa shape index (κ3) is 8.56. The molecule has 0 spiro atoms. The van der Waals surface area contributed by atoms with Crippen molar-refractivity contribution in [1.82, 2.24) is 5.01 Å². The molecular formula is C28H37N3O7. The molecule has 0 aliphatic heterocycles. The second-order valence-electron chi connectivity index (χ2n) is 8.91. The zero-order valence-electron chi connectivity index (χ0n) is 21.7. The Morgan fingerprint density at radius 2 is 1.58 bits per heavy atom. The van der Waals surface area contributed by atoms with Gasteiger partial charge in [0, 0.05) is 18.7 Å². The van der Waals surface area contributed by atoms with Crippen LogP contribution in [-0.2, 0) is 23.8 Å². The molecule has 1 saturated carbocycles. The van der Waals surface area contributed by atoms with Crippen LogP contribution in [0.1, 0.15) is 30.4 Å². The lowest BCUT2D eigenvalue weighted by Crippen LogP contribution is -2.45. The predicted octanol–water partition coefficient (Wildman–Crippen LogP) is 2.60. The summed E-state index contributed by atoms with van der Waals surface area (Å²) in [6.07, 6.45) is 1.85. The highest BCUT2D eigenvalue weighted by atomic mass is 16.5. The van der Waals surface area contributed by atoms with Gasteiger partial charge in [-0.3, -0.25) is 9.59 Å². The van der Waals surface area contributed by atoms with Gasteiger partial charge in [-0.2, -0.15) is 0 Å². The van der Waals surface area contributed by atoms with Crippen molar-refractivity contribution in [3.63, 3.8) is 0 Å². The second-order valence-corrected chi connectivity index (χ2v) is 8.91. The number of esters is 1. The standard InChI is InChI=1S/C28H37N3O7/c1-2-35-14-15-37-17-16-36-13-12-31(30)19-25(29)20-8-10-22(11-9-20)38-28(34)24-18-23(27(32)33)26(24)21-6-4-3-5-7-21/h3-11,19,23-24,26H,2,12-18,29-30H2,1H3,(H,32,33)/b25-19-/t23-,24?,26?/m1/s1. The van der Waals surface area contributed by atoms with E-state index in [1.54, 1.807) is 30.5 Å². The number of carbonyl (C=O) groups excluding carboxylic acids is 1. The quantitative estimate of drug-likeness (QED) is 0.0978. The van der Waals surface area contributed by atoms with E-state index in [4.69, 9.17) is 30.5 Å². The molecule has 0 aromatic heterocycles. The Kier molecular flexibility index (Phi) is 11.6. The van der Waals surface area contributed by atoms with Crippen LogP contribution in [0.5, 0.6) is 5.75 Å². The number of carboxylic acids is 1. The number of hydrogen-bond acceptors (Lipinski definition) is 9. The van der Waals surface area contributed by atoms with Crippen molar-refractivity contribution in [2.24, 2.45) is 23.4 Å². The molecule has 2 unspecified atom stereocenters. The third-order valence-electron chi connectivity index (χ3n) is 6.33. The number of carbonyl (C=O) groups is 2. The highest BCUT2D eigenvalue weighted by Crippen LogP contribution is 2.48. The molecular weight excluding hydrogens is 490 g/mol. The first kappa shape index (κ1) is 29.1. The molecule has 38 heavy (non-hydrogen) atoms. The normalized spacial score (nSPS) is 19.0. The summed E-state index contributed by atoms with van der Waals surface area (Å²) in [5, 5.41) is 11.0. The van der Waals surface area contributed by atoms with Gasteiger partial charge in [-0.25, -0.2) is 5.84 Å². The van der Waals surface area contributed by atoms with Crippen molar-refractivity contribution < 1.29 is 33.6 Å². The summed E-state index contributed by atoms with van der Waals surface area (Å²) >= 11 is 0. The van der Waals surface area contributed by atoms with Crippen LogP contribution in [0, 0.1) is 11.8 Å². The average Bonchev–Trinajstić information content (AvgIpc) is 2.88. The van der Waals surface area contributed by atoms with Crippen LogP contribution in [0.3, 0.4) is 0 Å². The molecule has 3 atom stereocenters. The number of nitrogens with zero attached hydrogens (tertiary/aromatic N) is 1. The van der Waals surface area contributed by atoms with Crippen molar-refractivity contribution in [2.45, 2.75) is 19.3 Å². The number of carboxylic acid groups (broad SMARTS) is 1. The van der Waals surface area contributed by atoms with Crippen LogP contribution < -0.4 is 16.3 Å². The lowest BCUT2D eigenvalue weighted by molar-refractivity contribution is -0.155. The molecule has 10 nitrogen and oxygen atoms in total. The van der Waals surface area contributed by atoms with Gasteiger partial charge in [0.2, 0.25) is 0 Å². The van der Waals surface area contributed by atoms with Gasteiger partial charge in [-0.05, 0) is 48.7 Å². The minimum Gasteiger partial charge on any atom is -0.481 e. The number of ether oxygens (including phenoxy) is 4. The SMILES string of the molecule is CCOCCOCCOCCN(N)/C=C(\N)c1ccc(OC(=O)C2C[C@@H](C(=O)O)C2c2ccccc2)cc1. The van der Waals surface area contributed by atoms with Crippen molar-refractivity contribution in [2.75, 3.05) is 46.2 Å². The monoisotopic (exact) mass is 527 g/mol. The van der Waals surface area contributed by atoms with E-state index in [9.17, 15) is 14.7 Å². The minimum absolute atomic E-state index is 0.249. The van der Waals surface area contributed by atoms with E-state index < -0.39 is 29.7 Å². The molecule has 1 fully saturated rings. The van der Waals surface area contributed by atoms with Crippen molar-refractivity contribution in [3.05, 3.63) is 71.9 Å². The smallest absolute Gasteiger partial charge is 0.315 e. The number of nitrogens with two attached hydrogens (primary N) is 2. The Morgan fingerprint density at radius 1 is 0.947 bits per heavy atom. The Morgan fingerprint density at radius 3 is 2.21 bits per heavy atom. The molecule has 2 aromatic rings. The van der Waals surface area contributed by atoms with E-state index in [2.05, 4.69) is 0 Å². The van der Waals surface area contributed by atoms with Gasteiger partial charge in [-0.1, -0.05) is 30.3 Å². The summed E-state index contributed by atoms with van der Waals surface area (Å²) in [7, 11) is 0. The predicted molar refractivity (Wildman–Crippen MR) is 142 cm³/mol. The van der Waals surface area contributed by atoms with Crippen LogP contribution in [0.15, 0.2) is 60.8 Å². The van der Waals surface area contributed by atoms with Gasteiger partial charge < -0.3 is 34.8 Å². The van der Waals surface area contributed by atoms with Crippen LogP contribution in [0.4, 0.5) is 0 Å². The summed E-state index contributed by atoms with van der Waals surface area (Å²) in [5.74, 6) is 3.47. The Labute approximate surface area is 223 Å². The van der Waals surface area contributed by atoms with Crippen LogP contribution in [0.25, 0.3) is 5.70 Å². The third-order valence-corrected chi connectivity index (χ3v) is 6.33. The average molecular weight is 528 g/mol. The Hall–Kier alpha value is -3.44. The van der Waals surface area contributed by atoms with Gasteiger partial charge in [-0.15, -0.1) is 0 Å². The highest BCUT2D eigenvalue weighted by molar-refractivity contribution is 5.83. The summed E-state index contributed by atoms with van der Waals surface area (Å²) in [6, 6.07) is 16.0. The molecule has 206 valence electrons. The topological polar surface area (TPSA) is 147 Å². The molecule has 1 aliphatic carbocycles. The first-order valence-corrected chi connectivity index (χ1v) is 12.7. The lowest BCUT2D eigenvalue weighted by atomic mass is 9.62. The molecule has 3 rings (SSSR count). The van der Waals surface area contributed by atoms with E-state index in [-0.39, 0.29) is 6.42 Å². The summed E-state index contributed by atoms with van der Waals surface area (Å²) in [5.41, 5.74) is 8.14. The number of aliphatic carboxylic acids is 1. The molecule has 0 radical (unpaired) electrons. The van der Waals surface area contributed by atoms with Crippen LogP contribution in [0.2, 0.25) is 0 Å². The van der Waals surface area contributed by atoms with E-state index >= 15 is 0 Å². The zero-order valence-corrected chi connectivity index (χ0v) is 21.7. The summed E-state index contributed by atoms with van der Waals surface area (Å²) in [6.45, 7) is 5.53. The largest absolute Gasteiger partial charge is 0.481 e. The maximum atomic E-state index is 12.8. The Bertz CT molecular complexity index is 1050. The maximum absolute atomic E-state index is 12.8. The molecule has 5 N–H and O–H groups in total. The fourth-order valence-electron chi connectivity index (χ4n) is 4.27. The molecule has 2 aromatic carbocycles. The van der Waals surface area contributed by atoms with Crippen molar-refractivity contribution >= 4 is 17.6 Å². The number of hydrogen-bond donors (Lipinski definition) is 3. The fraction of sp³-hybridized carbons (Fsp3) is 0.429. The highest BCUT2D eigenvalue weighted by Gasteiger charge is 2.50. The molecule has 10 heteroatoms. The summed E-state index contributed by atoms with van der Waals surface area (Å²) in [4.78, 5) is 24.4. The lowest BCUT2D eigenvalue weighted by Gasteiger charge is -2.40. The fourth-order valence-corrected chi connectivity index (χ4v) is 4.27. The second kappa shape index (κ2) is 15.1. The van der Waals surface area contributed by atoms with Crippen LogP contribution >= 0.6 is 0 Å². The minimum atomic E-state index is -0.905. The van der Waals surface area contributed by atoms with Gasteiger partial charge >= 0.3 is 11.9 Å². The number of hydrazine groups is 1. The molecule has 0 amide bonds. The molecule has 0 saturated heterocycles. The molecule has 1 aliphatic rings. The van der Waals surface area contributed by atoms with E-state index in [0.717, 1.165) is 5.56 Å².